The zero-order valence-corrected chi connectivity index (χ0v) is 10.1. The van der Waals surface area contributed by atoms with Crippen LogP contribution < -0.4 is 4.74 Å². The maximum absolute atomic E-state index is 9.78. The Balaban J connectivity index is 2.55. The third-order valence-corrected chi connectivity index (χ3v) is 2.95. The SMILES string of the molecule is COc1ccccc1CC(O)CCSC. The van der Waals surface area contributed by atoms with Crippen molar-refractivity contribution in [1.29, 1.82) is 0 Å². The van der Waals surface area contributed by atoms with Crippen molar-refractivity contribution in [2.24, 2.45) is 0 Å². The van der Waals surface area contributed by atoms with E-state index in [9.17, 15) is 5.11 Å². The summed E-state index contributed by atoms with van der Waals surface area (Å²) in [5.74, 6) is 1.86. The van der Waals surface area contributed by atoms with E-state index < -0.39 is 0 Å². The molecule has 0 aromatic heterocycles. The lowest BCUT2D eigenvalue weighted by Gasteiger charge is -2.12. The summed E-state index contributed by atoms with van der Waals surface area (Å²) >= 11 is 1.76. The van der Waals surface area contributed by atoms with Crippen molar-refractivity contribution in [2.45, 2.75) is 18.9 Å². The summed E-state index contributed by atoms with van der Waals surface area (Å²) in [6.45, 7) is 0. The Morgan fingerprint density at radius 2 is 2.13 bits per heavy atom. The Bertz CT molecular complexity index is 289. The maximum atomic E-state index is 9.78. The lowest BCUT2D eigenvalue weighted by molar-refractivity contribution is 0.171. The zero-order chi connectivity index (χ0) is 11.1. The molecule has 1 atom stereocenters. The van der Waals surface area contributed by atoms with Crippen LogP contribution in [0.4, 0.5) is 0 Å². The molecule has 1 unspecified atom stereocenters. The number of thioether (sulfide) groups is 1. The Labute approximate surface area is 95.7 Å². The van der Waals surface area contributed by atoms with Gasteiger partial charge >= 0.3 is 0 Å². The largest absolute Gasteiger partial charge is 0.496 e. The van der Waals surface area contributed by atoms with Crippen LogP contribution in [0.5, 0.6) is 5.75 Å². The summed E-state index contributed by atoms with van der Waals surface area (Å²) < 4.78 is 5.23. The average Bonchev–Trinajstić information content (AvgIpc) is 2.27. The quantitative estimate of drug-likeness (QED) is 0.807. The van der Waals surface area contributed by atoms with Crippen LogP contribution in [0, 0.1) is 0 Å². The number of methoxy groups -OCH3 is 1. The van der Waals surface area contributed by atoms with Crippen LogP contribution in [0.3, 0.4) is 0 Å². The van der Waals surface area contributed by atoms with Gasteiger partial charge < -0.3 is 9.84 Å². The van der Waals surface area contributed by atoms with Crippen molar-refractivity contribution >= 4 is 11.8 Å². The van der Waals surface area contributed by atoms with Gasteiger partial charge in [0.15, 0.2) is 0 Å². The van der Waals surface area contributed by atoms with Crippen LogP contribution in [-0.4, -0.2) is 30.3 Å². The lowest BCUT2D eigenvalue weighted by atomic mass is 10.1. The van der Waals surface area contributed by atoms with Crippen molar-refractivity contribution in [3.63, 3.8) is 0 Å². The van der Waals surface area contributed by atoms with Crippen LogP contribution in [0.25, 0.3) is 0 Å². The van der Waals surface area contributed by atoms with E-state index in [1.165, 1.54) is 0 Å². The molecule has 1 aromatic rings. The number of ether oxygens (including phenoxy) is 1. The number of para-hydroxylation sites is 1. The number of hydrogen-bond acceptors (Lipinski definition) is 3. The Hall–Kier alpha value is -0.670. The van der Waals surface area contributed by atoms with Gasteiger partial charge in [-0.05, 0) is 30.1 Å². The molecule has 2 nitrogen and oxygen atoms in total. The fraction of sp³-hybridized carbons (Fsp3) is 0.500. The van der Waals surface area contributed by atoms with E-state index in [-0.39, 0.29) is 6.10 Å². The molecule has 0 fully saturated rings. The summed E-state index contributed by atoms with van der Waals surface area (Å²) in [7, 11) is 1.66. The first kappa shape index (κ1) is 12.4. The minimum Gasteiger partial charge on any atom is -0.496 e. The minimum absolute atomic E-state index is 0.270. The topological polar surface area (TPSA) is 29.5 Å². The highest BCUT2D eigenvalue weighted by Gasteiger charge is 2.08. The summed E-state index contributed by atoms with van der Waals surface area (Å²) in [6.07, 6.45) is 3.29. The van der Waals surface area contributed by atoms with Crippen LogP contribution in [-0.2, 0) is 6.42 Å². The molecule has 1 rings (SSSR count). The predicted octanol–water partition coefficient (Wildman–Crippen LogP) is 2.35. The van der Waals surface area contributed by atoms with Crippen molar-refractivity contribution < 1.29 is 9.84 Å². The van der Waals surface area contributed by atoms with Gasteiger partial charge in [0.2, 0.25) is 0 Å². The van der Waals surface area contributed by atoms with E-state index in [1.54, 1.807) is 18.9 Å². The van der Waals surface area contributed by atoms with Gasteiger partial charge in [0.25, 0.3) is 0 Å². The van der Waals surface area contributed by atoms with Crippen LogP contribution in [0.1, 0.15) is 12.0 Å². The van der Waals surface area contributed by atoms with E-state index in [4.69, 9.17) is 4.74 Å². The molecule has 0 amide bonds. The van der Waals surface area contributed by atoms with E-state index >= 15 is 0 Å². The Kier molecular flexibility index (Phi) is 5.58. The van der Waals surface area contributed by atoms with Gasteiger partial charge in [-0.2, -0.15) is 11.8 Å². The lowest BCUT2D eigenvalue weighted by Crippen LogP contribution is -2.12. The van der Waals surface area contributed by atoms with Crippen LogP contribution >= 0.6 is 11.8 Å². The Morgan fingerprint density at radius 3 is 2.80 bits per heavy atom. The molecule has 1 aromatic carbocycles. The van der Waals surface area contributed by atoms with E-state index in [1.807, 2.05) is 24.3 Å². The maximum Gasteiger partial charge on any atom is 0.122 e. The molecule has 0 aliphatic rings. The van der Waals surface area contributed by atoms with Crippen molar-refractivity contribution in [2.75, 3.05) is 19.1 Å². The fourth-order valence-corrected chi connectivity index (χ4v) is 1.99. The predicted molar refractivity (Wildman–Crippen MR) is 65.7 cm³/mol. The summed E-state index contributed by atoms with van der Waals surface area (Å²) in [5, 5.41) is 9.78. The number of aliphatic hydroxyl groups excluding tert-OH is 1. The van der Waals surface area contributed by atoms with Crippen LogP contribution in [0.2, 0.25) is 0 Å². The third-order valence-electron chi connectivity index (χ3n) is 2.30. The van der Waals surface area contributed by atoms with Gasteiger partial charge in [-0.25, -0.2) is 0 Å². The van der Waals surface area contributed by atoms with Gasteiger partial charge in [-0.15, -0.1) is 0 Å². The van der Waals surface area contributed by atoms with Crippen LogP contribution in [0.15, 0.2) is 24.3 Å². The molecular formula is C12H18O2S. The second-order valence-electron chi connectivity index (χ2n) is 3.45. The molecule has 84 valence electrons. The standard InChI is InChI=1S/C12H18O2S/c1-14-12-6-4-3-5-10(12)9-11(13)7-8-15-2/h3-6,11,13H,7-9H2,1-2H3. The molecular weight excluding hydrogens is 208 g/mol. The Morgan fingerprint density at radius 1 is 1.40 bits per heavy atom. The summed E-state index contributed by atoms with van der Waals surface area (Å²) in [6, 6.07) is 7.84. The van der Waals surface area contributed by atoms with Gasteiger partial charge in [-0.3, -0.25) is 0 Å². The van der Waals surface area contributed by atoms with Gasteiger partial charge in [0.1, 0.15) is 5.75 Å². The molecule has 0 heterocycles. The summed E-state index contributed by atoms with van der Waals surface area (Å²) in [5.41, 5.74) is 1.08. The summed E-state index contributed by atoms with van der Waals surface area (Å²) in [4.78, 5) is 0. The molecule has 1 N–H and O–H groups in total. The normalized spacial score (nSPS) is 12.5. The van der Waals surface area contributed by atoms with E-state index in [0.29, 0.717) is 6.42 Å². The van der Waals surface area contributed by atoms with Gasteiger partial charge in [0.05, 0.1) is 13.2 Å². The fourth-order valence-electron chi connectivity index (χ4n) is 1.48. The first-order chi connectivity index (χ1) is 7.27. The molecule has 3 heteroatoms. The van der Waals surface area contributed by atoms with E-state index in [0.717, 1.165) is 23.5 Å². The molecule has 15 heavy (non-hydrogen) atoms. The van der Waals surface area contributed by atoms with Crippen molar-refractivity contribution in [3.8, 4) is 5.75 Å². The third kappa shape index (κ3) is 4.14. The molecule has 0 saturated heterocycles. The van der Waals surface area contributed by atoms with Gasteiger partial charge in [-0.1, -0.05) is 18.2 Å². The van der Waals surface area contributed by atoms with Crippen molar-refractivity contribution in [3.05, 3.63) is 29.8 Å². The first-order valence-corrected chi connectivity index (χ1v) is 6.46. The van der Waals surface area contributed by atoms with E-state index in [2.05, 4.69) is 6.26 Å². The molecule has 0 aliphatic heterocycles. The minimum atomic E-state index is -0.270. The van der Waals surface area contributed by atoms with Gasteiger partial charge in [0, 0.05) is 6.42 Å². The molecule has 0 radical (unpaired) electrons. The number of hydrogen-bond donors (Lipinski definition) is 1. The monoisotopic (exact) mass is 226 g/mol. The second-order valence-corrected chi connectivity index (χ2v) is 4.44. The molecule has 0 spiro atoms. The number of aliphatic hydroxyl groups is 1. The molecule has 0 aliphatic carbocycles. The first-order valence-electron chi connectivity index (χ1n) is 5.06. The smallest absolute Gasteiger partial charge is 0.122 e. The highest BCUT2D eigenvalue weighted by atomic mass is 32.2. The number of benzene rings is 1. The zero-order valence-electron chi connectivity index (χ0n) is 9.27. The molecule has 0 bridgehead atoms. The number of rotatable bonds is 6. The second kappa shape index (κ2) is 6.75. The highest BCUT2D eigenvalue weighted by Crippen LogP contribution is 2.19. The average molecular weight is 226 g/mol. The van der Waals surface area contributed by atoms with Crippen molar-refractivity contribution in [1.82, 2.24) is 0 Å². The molecule has 0 saturated carbocycles. The highest BCUT2D eigenvalue weighted by molar-refractivity contribution is 7.98.